The Morgan fingerprint density at radius 2 is 1.21 bits per heavy atom. The second kappa shape index (κ2) is 13.3. The van der Waals surface area contributed by atoms with Gasteiger partial charge in [0.2, 0.25) is 0 Å². The molecule has 0 radical (unpaired) electrons. The van der Waals surface area contributed by atoms with Crippen LogP contribution in [-0.2, 0) is 4.74 Å². The summed E-state index contributed by atoms with van der Waals surface area (Å²) >= 11 is 0. The second-order valence-electron chi connectivity index (χ2n) is 8.06. The van der Waals surface area contributed by atoms with Crippen LogP contribution in [0.5, 0.6) is 0 Å². The first-order valence-electron chi connectivity index (χ1n) is 10.8. The Kier molecular flexibility index (Phi) is 11.5. The molecule has 2 aromatic carbocycles. The number of aliphatic hydroxyl groups is 1. The van der Waals surface area contributed by atoms with Crippen LogP contribution in [0.4, 0.5) is 0 Å². The van der Waals surface area contributed by atoms with Crippen molar-refractivity contribution >= 4 is 5.78 Å². The third-order valence-corrected chi connectivity index (χ3v) is 5.06. The molecule has 3 heteroatoms. The number of ketones is 1. The van der Waals surface area contributed by atoms with Gasteiger partial charge in [-0.1, -0.05) is 102 Å². The first-order valence-corrected chi connectivity index (χ1v) is 10.8. The summed E-state index contributed by atoms with van der Waals surface area (Å²) in [4.78, 5) is 11.9. The molecule has 2 rings (SSSR count). The number of rotatable bonds is 9. The zero-order valence-electron chi connectivity index (χ0n) is 18.8. The molecule has 3 atom stereocenters. The fourth-order valence-corrected chi connectivity index (χ4v) is 3.22. The monoisotopic (exact) mass is 398 g/mol. The highest BCUT2D eigenvalue weighted by Crippen LogP contribution is 2.19. The summed E-state index contributed by atoms with van der Waals surface area (Å²) in [6, 6.07) is 17.7. The SMILES string of the molecule is CCC(OC(CC)C(C)C)C(C)C.O=C(c1ccccc1)C(O)c1ccccc1. The number of ether oxygens (including phenoxy) is 1. The first-order chi connectivity index (χ1) is 13.8. The van der Waals surface area contributed by atoms with Crippen LogP contribution in [-0.4, -0.2) is 23.1 Å². The summed E-state index contributed by atoms with van der Waals surface area (Å²) in [6.07, 6.45) is 2.05. The van der Waals surface area contributed by atoms with E-state index in [0.717, 1.165) is 12.8 Å². The van der Waals surface area contributed by atoms with Gasteiger partial charge in [-0.25, -0.2) is 0 Å². The molecule has 0 saturated heterocycles. The summed E-state index contributed by atoms with van der Waals surface area (Å²) in [7, 11) is 0. The molecule has 3 unspecified atom stereocenters. The lowest BCUT2D eigenvalue weighted by Gasteiger charge is -2.28. The van der Waals surface area contributed by atoms with E-state index in [1.807, 2.05) is 12.1 Å². The number of hydrogen-bond acceptors (Lipinski definition) is 3. The Balaban J connectivity index is 0.000000298. The van der Waals surface area contributed by atoms with E-state index in [9.17, 15) is 9.90 Å². The summed E-state index contributed by atoms with van der Waals surface area (Å²) in [5, 5.41) is 9.89. The third-order valence-electron chi connectivity index (χ3n) is 5.06. The van der Waals surface area contributed by atoms with Crippen LogP contribution >= 0.6 is 0 Å². The Hall–Kier alpha value is -1.97. The molecule has 0 aliphatic carbocycles. The van der Waals surface area contributed by atoms with Crippen LogP contribution in [0, 0.1) is 11.8 Å². The molecule has 160 valence electrons. The van der Waals surface area contributed by atoms with Gasteiger partial charge in [-0.05, 0) is 30.2 Å². The van der Waals surface area contributed by atoms with Gasteiger partial charge in [-0.2, -0.15) is 0 Å². The minimum atomic E-state index is -1.08. The highest BCUT2D eigenvalue weighted by atomic mass is 16.5. The zero-order chi connectivity index (χ0) is 21.8. The van der Waals surface area contributed by atoms with E-state index in [1.54, 1.807) is 48.5 Å². The van der Waals surface area contributed by atoms with Crippen LogP contribution in [0.15, 0.2) is 60.7 Å². The van der Waals surface area contributed by atoms with E-state index in [-0.39, 0.29) is 5.78 Å². The van der Waals surface area contributed by atoms with Crippen molar-refractivity contribution in [1.82, 2.24) is 0 Å². The van der Waals surface area contributed by atoms with Crippen molar-refractivity contribution in [2.24, 2.45) is 11.8 Å². The number of hydrogen-bond donors (Lipinski definition) is 1. The quantitative estimate of drug-likeness (QED) is 0.492. The highest BCUT2D eigenvalue weighted by Gasteiger charge is 2.19. The molecule has 0 fully saturated rings. The van der Waals surface area contributed by atoms with Crippen molar-refractivity contribution in [3.63, 3.8) is 0 Å². The number of carbonyl (C=O) groups excluding carboxylic acids is 1. The van der Waals surface area contributed by atoms with E-state index in [2.05, 4.69) is 41.5 Å². The van der Waals surface area contributed by atoms with Crippen molar-refractivity contribution < 1.29 is 14.6 Å². The van der Waals surface area contributed by atoms with Gasteiger partial charge in [0.15, 0.2) is 5.78 Å². The molecular formula is C26H38O3. The summed E-state index contributed by atoms with van der Waals surface area (Å²) < 4.78 is 6.07. The van der Waals surface area contributed by atoms with Crippen molar-refractivity contribution in [1.29, 1.82) is 0 Å². The van der Waals surface area contributed by atoms with E-state index >= 15 is 0 Å². The molecule has 0 bridgehead atoms. The topological polar surface area (TPSA) is 46.5 Å². The molecule has 0 aromatic heterocycles. The lowest BCUT2D eigenvalue weighted by Crippen LogP contribution is -2.28. The van der Waals surface area contributed by atoms with E-state index in [4.69, 9.17) is 4.74 Å². The normalized spacial score (nSPS) is 14.1. The molecule has 0 amide bonds. The summed E-state index contributed by atoms with van der Waals surface area (Å²) in [5.41, 5.74) is 1.15. The van der Waals surface area contributed by atoms with Gasteiger partial charge < -0.3 is 9.84 Å². The predicted molar refractivity (Wildman–Crippen MR) is 121 cm³/mol. The maximum atomic E-state index is 11.9. The molecule has 0 spiro atoms. The van der Waals surface area contributed by atoms with Crippen LogP contribution in [0.1, 0.15) is 76.4 Å². The number of carbonyl (C=O) groups is 1. The minimum absolute atomic E-state index is 0.271. The van der Waals surface area contributed by atoms with Gasteiger partial charge in [-0.15, -0.1) is 0 Å². The van der Waals surface area contributed by atoms with Gasteiger partial charge in [0.05, 0.1) is 12.2 Å². The largest absolute Gasteiger partial charge is 0.380 e. The third kappa shape index (κ3) is 8.51. The van der Waals surface area contributed by atoms with E-state index in [1.165, 1.54) is 0 Å². The molecule has 3 nitrogen and oxygen atoms in total. The smallest absolute Gasteiger partial charge is 0.195 e. The van der Waals surface area contributed by atoms with Crippen LogP contribution < -0.4 is 0 Å². The summed E-state index contributed by atoms with van der Waals surface area (Å²) in [6.45, 7) is 13.4. The van der Waals surface area contributed by atoms with Crippen molar-refractivity contribution in [2.45, 2.75) is 72.7 Å². The van der Waals surface area contributed by atoms with Gasteiger partial charge in [-0.3, -0.25) is 4.79 Å². The van der Waals surface area contributed by atoms with Gasteiger partial charge in [0.25, 0.3) is 0 Å². The number of benzene rings is 2. The molecule has 0 aliphatic heterocycles. The fourth-order valence-electron chi connectivity index (χ4n) is 3.22. The first kappa shape index (κ1) is 25.1. The lowest BCUT2D eigenvalue weighted by atomic mass is 10.0. The molecule has 1 N–H and O–H groups in total. The van der Waals surface area contributed by atoms with Crippen molar-refractivity contribution in [3.05, 3.63) is 71.8 Å². The molecule has 29 heavy (non-hydrogen) atoms. The summed E-state index contributed by atoms with van der Waals surface area (Å²) in [5.74, 6) is 1.00. The van der Waals surface area contributed by atoms with Crippen LogP contribution in [0.3, 0.4) is 0 Å². The van der Waals surface area contributed by atoms with Gasteiger partial charge in [0.1, 0.15) is 6.10 Å². The van der Waals surface area contributed by atoms with E-state index < -0.39 is 6.10 Å². The highest BCUT2D eigenvalue weighted by molar-refractivity contribution is 5.99. The maximum Gasteiger partial charge on any atom is 0.195 e. The molecule has 0 saturated carbocycles. The van der Waals surface area contributed by atoms with Crippen LogP contribution in [0.25, 0.3) is 0 Å². The van der Waals surface area contributed by atoms with Crippen LogP contribution in [0.2, 0.25) is 0 Å². The van der Waals surface area contributed by atoms with Gasteiger partial charge in [0, 0.05) is 5.56 Å². The Bertz CT molecular complexity index is 666. The Labute approximate surface area is 177 Å². The minimum Gasteiger partial charge on any atom is -0.380 e. The molecule has 0 aliphatic rings. The standard InChI is InChI=1S/C14H12O2.C12H26O/c15-13(11-7-3-1-4-8-11)14(16)12-9-5-2-6-10-12;1-7-11(9(3)4)13-12(8-2)10(5)6/h1-10,13,15H;9-12H,7-8H2,1-6H3. The maximum absolute atomic E-state index is 11.9. The number of Topliss-reactive ketones (excluding diaryl/α,β-unsaturated/α-hetero) is 1. The average molecular weight is 399 g/mol. The fraction of sp³-hybridized carbons (Fsp3) is 0.500. The average Bonchev–Trinajstić information content (AvgIpc) is 2.74. The van der Waals surface area contributed by atoms with Crippen molar-refractivity contribution in [2.75, 3.05) is 0 Å². The predicted octanol–water partition coefficient (Wildman–Crippen LogP) is 6.48. The second-order valence-corrected chi connectivity index (χ2v) is 8.06. The van der Waals surface area contributed by atoms with Gasteiger partial charge >= 0.3 is 0 Å². The van der Waals surface area contributed by atoms with E-state index in [0.29, 0.717) is 35.2 Å². The number of aliphatic hydroxyl groups excluding tert-OH is 1. The molecule has 2 aromatic rings. The van der Waals surface area contributed by atoms with Crippen molar-refractivity contribution in [3.8, 4) is 0 Å². The Morgan fingerprint density at radius 3 is 1.59 bits per heavy atom. The Morgan fingerprint density at radius 1 is 0.793 bits per heavy atom. The molecule has 0 heterocycles. The molecular weight excluding hydrogens is 360 g/mol. The zero-order valence-corrected chi connectivity index (χ0v) is 18.8. The lowest BCUT2D eigenvalue weighted by molar-refractivity contribution is -0.0589.